The van der Waals surface area contributed by atoms with Crippen molar-refractivity contribution in [1.29, 1.82) is 0 Å². The highest BCUT2D eigenvalue weighted by atomic mass is 35.5. The molecule has 4 aromatic heterocycles. The molecule has 0 bridgehead atoms. The molecule has 0 spiro atoms. The number of likely N-dealkylation sites (tertiary alicyclic amines) is 2. The number of anilines is 4. The molecule has 4 aliphatic carbocycles. The van der Waals surface area contributed by atoms with Crippen LogP contribution in [0.2, 0.25) is 5.02 Å². The second-order valence-electron chi connectivity index (χ2n) is 35.3. The minimum absolute atomic E-state index is 0.0408. The molecule has 0 atom stereocenters. The molecule has 14 rings (SSSR count). The average molecular weight is 1890 g/mol. The highest BCUT2D eigenvalue weighted by Crippen LogP contribution is 2.42. The van der Waals surface area contributed by atoms with Gasteiger partial charge in [-0.1, -0.05) is 79.1 Å². The summed E-state index contributed by atoms with van der Waals surface area (Å²) < 4.78 is 131. The van der Waals surface area contributed by atoms with Gasteiger partial charge in [0.2, 0.25) is 5.91 Å². The summed E-state index contributed by atoms with van der Waals surface area (Å²) in [5.41, 5.74) is 15.6. The topological polar surface area (TPSA) is 462 Å². The molecule has 0 unspecified atom stereocenters. The average Bonchev–Trinajstić information content (AvgIpc) is 1.72. The van der Waals surface area contributed by atoms with Gasteiger partial charge in [0.1, 0.15) is 22.9 Å². The number of carbonyl (C=O) groups excluding carboxylic acids is 8. The first-order valence-corrected chi connectivity index (χ1v) is 50.0. The lowest BCUT2D eigenvalue weighted by atomic mass is 9.92. The van der Waals surface area contributed by atoms with E-state index in [4.69, 9.17) is 11.6 Å². The number of urea groups is 4. The Balaban J connectivity index is 0.000000168. The van der Waals surface area contributed by atoms with E-state index in [-0.39, 0.29) is 93.2 Å². The van der Waals surface area contributed by atoms with Gasteiger partial charge in [0.05, 0.1) is 12.2 Å². The minimum Gasteiger partial charge on any atom is -0.354 e. The Hall–Kier alpha value is -11.3. The molecule has 42 heteroatoms. The maximum atomic E-state index is 14.1. The number of amides is 12. The molecule has 36 nitrogen and oxygen atoms in total. The molecular weight excluding hydrogens is 1780 g/mol. The van der Waals surface area contributed by atoms with Gasteiger partial charge in [-0.3, -0.25) is 37.9 Å². The van der Waals surface area contributed by atoms with Crippen molar-refractivity contribution in [2.75, 3.05) is 61.5 Å². The van der Waals surface area contributed by atoms with Crippen LogP contribution in [0.25, 0.3) is 0 Å². The summed E-state index contributed by atoms with van der Waals surface area (Å²) in [5.74, 6) is -1.76. The largest absolute Gasteiger partial charge is 0.354 e. The van der Waals surface area contributed by atoms with Crippen LogP contribution in [0.15, 0.2) is 80.8 Å². The van der Waals surface area contributed by atoms with Crippen molar-refractivity contribution in [3.63, 3.8) is 0 Å². The fraction of sp³-hybridized carbons (Fsp3) is 0.500. The zero-order valence-electron chi connectivity index (χ0n) is 76.6. The van der Waals surface area contributed by atoms with Gasteiger partial charge in [-0.05, 0) is 246 Å². The van der Waals surface area contributed by atoms with Crippen molar-refractivity contribution in [1.82, 2.24) is 78.0 Å². The summed E-state index contributed by atoms with van der Waals surface area (Å²) in [5, 5.41) is 28.7. The zero-order chi connectivity index (χ0) is 95.4. The molecule has 2 fully saturated rings. The van der Waals surface area contributed by atoms with Gasteiger partial charge in [-0.25, -0.2) is 42.5 Å². The first-order chi connectivity index (χ1) is 61.0. The molecule has 0 saturated carbocycles. The lowest BCUT2D eigenvalue weighted by molar-refractivity contribution is -0.128. The molecule has 9 N–H and O–H groups in total. The molecule has 2 saturated heterocycles. The van der Waals surface area contributed by atoms with Crippen LogP contribution in [0.4, 0.5) is 46.3 Å². The van der Waals surface area contributed by atoms with E-state index in [9.17, 15) is 76.4 Å². The third kappa shape index (κ3) is 22.6. The quantitative estimate of drug-likeness (QED) is 0.0271. The van der Waals surface area contributed by atoms with E-state index in [0.717, 1.165) is 145 Å². The van der Waals surface area contributed by atoms with E-state index in [1.807, 2.05) is 92.5 Å². The summed E-state index contributed by atoms with van der Waals surface area (Å²) in [6, 6.07) is 11.5. The van der Waals surface area contributed by atoms with E-state index in [0.29, 0.717) is 59.4 Å². The second-order valence-corrected chi connectivity index (χ2v) is 42.3. The van der Waals surface area contributed by atoms with Gasteiger partial charge in [0.25, 0.3) is 57.8 Å². The van der Waals surface area contributed by atoms with Gasteiger partial charge in [-0.15, -0.1) is 0 Å². The molecule has 4 aromatic carbocycles. The van der Waals surface area contributed by atoms with E-state index in [2.05, 4.69) is 68.6 Å². The highest BCUT2D eigenvalue weighted by molar-refractivity contribution is 7.90. The molecule has 0 radical (unpaired) electrons. The lowest BCUT2D eigenvalue weighted by Gasteiger charge is -2.31. The molecule has 130 heavy (non-hydrogen) atoms. The van der Waals surface area contributed by atoms with Crippen molar-refractivity contribution in [3.8, 4) is 0 Å². The molecule has 6 aliphatic rings. The van der Waals surface area contributed by atoms with Gasteiger partial charge in [0.15, 0.2) is 20.1 Å². The number of nitrogens with one attached hydrogen (secondary N) is 9. The Labute approximate surface area is 763 Å². The van der Waals surface area contributed by atoms with E-state index >= 15 is 0 Å². The monoisotopic (exact) mass is 1890 g/mol. The van der Waals surface area contributed by atoms with Crippen LogP contribution in [0, 0.1) is 5.82 Å². The molecule has 2 aliphatic heterocycles. The number of benzene rings is 4. The van der Waals surface area contributed by atoms with E-state index < -0.39 is 86.0 Å². The van der Waals surface area contributed by atoms with Gasteiger partial charge >= 0.3 is 24.1 Å². The number of nitrogens with zero attached hydrogens (tertiary/aromatic N) is 11. The number of hydrogen-bond donors (Lipinski definition) is 9. The van der Waals surface area contributed by atoms with Gasteiger partial charge in [0, 0.05) is 124 Å². The fourth-order valence-electron chi connectivity index (χ4n) is 16.4. The predicted octanol–water partition coefficient (Wildman–Crippen LogP) is 13.1. The Morgan fingerprint density at radius 3 is 1.01 bits per heavy atom. The molecular formula is C88H118ClFN20O16S4. The van der Waals surface area contributed by atoms with Crippen LogP contribution < -0.4 is 45.5 Å². The maximum Gasteiger partial charge on any atom is 0.333 e. The number of rotatable bonds is 24. The van der Waals surface area contributed by atoms with Crippen molar-refractivity contribution in [2.45, 2.75) is 262 Å². The Kier molecular flexibility index (Phi) is 31.0. The van der Waals surface area contributed by atoms with Crippen LogP contribution >= 0.6 is 11.6 Å². The minimum atomic E-state index is -4.38. The van der Waals surface area contributed by atoms with E-state index in [1.165, 1.54) is 87.9 Å². The van der Waals surface area contributed by atoms with Crippen LogP contribution in [0.5, 0.6) is 0 Å². The number of carbonyl (C=O) groups is 8. The standard InChI is InChI=1S/C23H32FN5O4S.C23H29N5O4S.C23H31N5O4S.C19H26ClN5O4S/c1-13(2)17-10-16(24)11-18(14(3)4)21(17)25-23(31)27-34(32,33)20-12-19(29(26-20)15(5)6)22(30)28-8-7-9-28;1-14(2)28-19(22(29)27-10-5-11-27)13-20(25-28)33(31,32)26-23(30)24-21-17-8-3-6-15(17)12-16-7-4-9-18(16)21;1-14(2)28-18(13-27(4)15(3)29)12-21(25-28)33(31,32)26-23(30)24-22-19-9-5-7-16(19)11-17-8-6-10-20(17)22;1-10(2)13-7-12(20)8-14(11(3)4)17(13)22-19(27)24-30(28,29)16-9-15(18(26)21-5)25(6)23-16/h10-15H,7-9H2,1-6H3,(H2,25,27,31);12-14H,3-11H2,1-2H3,(H2,24,26,30);11-12,14H,5-10,13H2,1-4H3,(H2,24,26,30);7-11H,1-6H3,(H,21,26)(H2,22,24,27). The fourth-order valence-corrected chi connectivity index (χ4v) is 20.2. The summed E-state index contributed by atoms with van der Waals surface area (Å²) in [7, 11) is -12.6. The summed E-state index contributed by atoms with van der Waals surface area (Å²) in [4.78, 5) is 105. The molecule has 6 heterocycles. The van der Waals surface area contributed by atoms with Gasteiger partial charge < -0.3 is 41.3 Å². The Bertz CT molecular complexity index is 6100. The van der Waals surface area contributed by atoms with Crippen LogP contribution in [0.3, 0.4) is 0 Å². The number of fused-ring (bicyclic) bond motifs is 4. The molecule has 704 valence electrons. The third-order valence-electron chi connectivity index (χ3n) is 23.4. The van der Waals surface area contributed by atoms with Crippen molar-refractivity contribution in [2.24, 2.45) is 7.05 Å². The zero-order valence-corrected chi connectivity index (χ0v) is 80.6. The Morgan fingerprint density at radius 2 is 0.708 bits per heavy atom. The second kappa shape index (κ2) is 40.6. The first-order valence-electron chi connectivity index (χ1n) is 43.7. The molecule has 12 amide bonds. The normalized spacial score (nSPS) is 14.4. The Morgan fingerprint density at radius 1 is 0.408 bits per heavy atom. The van der Waals surface area contributed by atoms with Crippen molar-refractivity contribution < 1.29 is 76.4 Å². The predicted molar refractivity (Wildman–Crippen MR) is 490 cm³/mol. The number of aromatic nitrogens is 8. The number of halogens is 2. The van der Waals surface area contributed by atoms with Crippen LogP contribution in [-0.4, -0.2) is 176 Å². The first kappa shape index (κ1) is 99.3. The summed E-state index contributed by atoms with van der Waals surface area (Å²) in [6.07, 6.45) is 13.5. The smallest absolute Gasteiger partial charge is 0.333 e. The van der Waals surface area contributed by atoms with Crippen molar-refractivity contribution >= 4 is 122 Å². The number of hydrogen-bond acceptors (Lipinski definition) is 20. The lowest BCUT2D eigenvalue weighted by Crippen LogP contribution is -2.43. The van der Waals surface area contributed by atoms with Crippen LogP contribution in [0.1, 0.15) is 288 Å². The molecule has 8 aromatic rings. The maximum absolute atomic E-state index is 14.1. The van der Waals surface area contributed by atoms with Gasteiger partial charge in [-0.2, -0.15) is 54.1 Å². The highest BCUT2D eigenvalue weighted by Gasteiger charge is 2.37. The summed E-state index contributed by atoms with van der Waals surface area (Å²) in [6.45, 7) is 30.4. The van der Waals surface area contributed by atoms with Crippen molar-refractivity contribution in [3.05, 3.63) is 161 Å². The SMILES string of the molecule is CC(=O)N(C)Cc1cc(S(=O)(=O)NC(=O)Nc2c3c(cc4c2CCC4)CCC3)nn1C(C)C.CC(C)c1cc(F)cc(C(C)C)c1NC(=O)NS(=O)(=O)c1cc(C(=O)N2CCC2)n(C(C)C)n1.CC(C)n1nc(S(=O)(=O)NC(=O)Nc2c3c(cc4c2CCC4)CCC3)cc1C(=O)N1CCC1.CNC(=O)c1cc(S(=O)(=O)NC(=O)Nc2c(C(C)C)cc(Cl)cc2C(C)C)nn1C. The summed E-state index contributed by atoms with van der Waals surface area (Å²) >= 11 is 6.22. The van der Waals surface area contributed by atoms with E-state index in [1.54, 1.807) is 47.5 Å². The van der Waals surface area contributed by atoms with Crippen LogP contribution in [-0.2, 0) is 110 Å². The number of sulfonamides is 4. The number of aryl methyl sites for hydroxylation is 5. The third-order valence-corrected chi connectivity index (χ3v) is 28.4.